The molecular weight excluding hydrogens is 300 g/mol. The number of nitrogens with one attached hydrogen (secondary N) is 1. The van der Waals surface area contributed by atoms with Gasteiger partial charge in [0.15, 0.2) is 0 Å². The molecule has 0 unspecified atom stereocenters. The topological polar surface area (TPSA) is 106 Å². The fourth-order valence-corrected chi connectivity index (χ4v) is 2.00. The van der Waals surface area contributed by atoms with Gasteiger partial charge in [0, 0.05) is 11.1 Å². The maximum absolute atomic E-state index is 10.9. The van der Waals surface area contributed by atoms with Gasteiger partial charge >= 0.3 is 5.97 Å². The smallest absolute Gasteiger partial charge is 0.339 e. The van der Waals surface area contributed by atoms with E-state index in [-0.39, 0.29) is 34.3 Å². The summed E-state index contributed by atoms with van der Waals surface area (Å²) in [6, 6.07) is 5.62. The second-order valence-corrected chi connectivity index (χ2v) is 4.70. The first kappa shape index (κ1) is 14.9. The predicted molar refractivity (Wildman–Crippen MR) is 75.8 cm³/mol. The summed E-state index contributed by atoms with van der Waals surface area (Å²) in [5.41, 5.74) is 0.178. The van der Waals surface area contributed by atoms with Crippen LogP contribution in [0, 0.1) is 17.0 Å². The minimum absolute atomic E-state index is 0.0670. The Kier molecular flexibility index (Phi) is 4.13. The molecule has 110 valence electrons. The molecule has 0 saturated heterocycles. The van der Waals surface area contributed by atoms with Crippen LogP contribution in [0.25, 0.3) is 0 Å². The van der Waals surface area contributed by atoms with Gasteiger partial charge in [0.1, 0.15) is 22.8 Å². The summed E-state index contributed by atoms with van der Waals surface area (Å²) in [5, 5.41) is 23.0. The number of anilines is 1. The van der Waals surface area contributed by atoms with Crippen molar-refractivity contribution in [1.29, 1.82) is 0 Å². The van der Waals surface area contributed by atoms with Crippen LogP contribution >= 0.6 is 11.6 Å². The van der Waals surface area contributed by atoms with Gasteiger partial charge < -0.3 is 14.8 Å². The normalized spacial score (nSPS) is 10.4. The number of aromatic carboxylic acids is 1. The maximum Gasteiger partial charge on any atom is 0.339 e. The van der Waals surface area contributed by atoms with Gasteiger partial charge in [-0.15, -0.1) is 0 Å². The van der Waals surface area contributed by atoms with Crippen molar-refractivity contribution in [3.8, 4) is 0 Å². The van der Waals surface area contributed by atoms with Crippen LogP contribution in [-0.4, -0.2) is 16.0 Å². The van der Waals surface area contributed by atoms with Crippen molar-refractivity contribution in [3.63, 3.8) is 0 Å². The maximum atomic E-state index is 10.9. The van der Waals surface area contributed by atoms with E-state index < -0.39 is 10.9 Å². The molecular formula is C13H11ClN2O5. The van der Waals surface area contributed by atoms with Gasteiger partial charge in [0.2, 0.25) is 0 Å². The lowest BCUT2D eigenvalue weighted by Crippen LogP contribution is -2.02. The van der Waals surface area contributed by atoms with Gasteiger partial charge in [-0.2, -0.15) is 0 Å². The van der Waals surface area contributed by atoms with E-state index in [1.165, 1.54) is 31.2 Å². The monoisotopic (exact) mass is 310 g/mol. The molecule has 7 nitrogen and oxygen atoms in total. The number of rotatable bonds is 5. The number of nitro groups is 1. The molecule has 0 bridgehead atoms. The van der Waals surface area contributed by atoms with Crippen LogP contribution in [0.2, 0.25) is 5.02 Å². The minimum atomic E-state index is -1.08. The lowest BCUT2D eigenvalue weighted by atomic mass is 10.2. The third-order valence-corrected chi connectivity index (χ3v) is 3.04. The lowest BCUT2D eigenvalue weighted by Gasteiger charge is -2.05. The van der Waals surface area contributed by atoms with Crippen molar-refractivity contribution in [2.75, 3.05) is 5.32 Å². The Hall–Kier alpha value is -2.54. The van der Waals surface area contributed by atoms with Gasteiger partial charge in [-0.25, -0.2) is 4.79 Å². The summed E-state index contributed by atoms with van der Waals surface area (Å²) in [4.78, 5) is 21.3. The molecule has 0 aliphatic rings. The van der Waals surface area contributed by atoms with E-state index in [4.69, 9.17) is 21.1 Å². The van der Waals surface area contributed by atoms with Crippen molar-refractivity contribution in [3.05, 3.63) is 56.5 Å². The predicted octanol–water partition coefficient (Wildman–Crippen LogP) is 3.46. The Morgan fingerprint density at radius 2 is 2.19 bits per heavy atom. The number of nitro benzene ring substituents is 1. The summed E-state index contributed by atoms with van der Waals surface area (Å²) < 4.78 is 5.28. The molecule has 1 aromatic heterocycles. The molecule has 0 atom stereocenters. The van der Waals surface area contributed by atoms with E-state index in [9.17, 15) is 14.9 Å². The molecule has 2 aromatic rings. The highest BCUT2D eigenvalue weighted by Gasteiger charge is 2.16. The van der Waals surface area contributed by atoms with Crippen LogP contribution in [-0.2, 0) is 6.54 Å². The molecule has 21 heavy (non-hydrogen) atoms. The first-order valence-corrected chi connectivity index (χ1v) is 6.26. The first-order valence-electron chi connectivity index (χ1n) is 5.89. The third kappa shape index (κ3) is 3.32. The summed E-state index contributed by atoms with van der Waals surface area (Å²) in [6.07, 6.45) is 0. The van der Waals surface area contributed by atoms with Crippen LogP contribution in [0.5, 0.6) is 0 Å². The third-order valence-electron chi connectivity index (χ3n) is 2.81. The van der Waals surface area contributed by atoms with E-state index >= 15 is 0 Å². The zero-order valence-electron chi connectivity index (χ0n) is 10.9. The van der Waals surface area contributed by atoms with Gasteiger partial charge in [-0.3, -0.25) is 10.1 Å². The van der Waals surface area contributed by atoms with E-state index in [2.05, 4.69) is 5.32 Å². The van der Waals surface area contributed by atoms with Gasteiger partial charge in [0.25, 0.3) is 5.69 Å². The lowest BCUT2D eigenvalue weighted by molar-refractivity contribution is -0.383. The molecule has 0 spiro atoms. The fourth-order valence-electron chi connectivity index (χ4n) is 1.83. The Bertz CT molecular complexity index is 711. The number of nitrogens with zero attached hydrogens (tertiary/aromatic N) is 1. The molecule has 0 saturated carbocycles. The number of carboxylic acid groups (broad SMARTS) is 1. The Labute approximate surface area is 124 Å². The van der Waals surface area contributed by atoms with Gasteiger partial charge in [0.05, 0.1) is 11.5 Å². The number of furan rings is 1. The van der Waals surface area contributed by atoms with Crippen LogP contribution < -0.4 is 5.32 Å². The van der Waals surface area contributed by atoms with E-state index in [1.807, 2.05) is 0 Å². The molecule has 0 aliphatic carbocycles. The van der Waals surface area contributed by atoms with Crippen LogP contribution in [0.1, 0.15) is 21.9 Å². The molecule has 2 N–H and O–H groups in total. The largest absolute Gasteiger partial charge is 0.478 e. The second-order valence-electron chi connectivity index (χ2n) is 4.26. The van der Waals surface area contributed by atoms with Crippen molar-refractivity contribution in [2.45, 2.75) is 13.5 Å². The molecule has 8 heteroatoms. The van der Waals surface area contributed by atoms with Crippen LogP contribution in [0.15, 0.2) is 28.7 Å². The zero-order valence-corrected chi connectivity index (χ0v) is 11.7. The van der Waals surface area contributed by atoms with E-state index in [0.717, 1.165) is 0 Å². The fraction of sp³-hybridized carbons (Fsp3) is 0.154. The number of carbonyl (C=O) groups is 1. The van der Waals surface area contributed by atoms with Crippen molar-refractivity contribution in [1.82, 2.24) is 0 Å². The number of aryl methyl sites for hydroxylation is 1. The number of benzene rings is 1. The molecule has 0 amide bonds. The van der Waals surface area contributed by atoms with E-state index in [1.54, 1.807) is 0 Å². The average Bonchev–Trinajstić information content (AvgIpc) is 2.78. The quantitative estimate of drug-likeness (QED) is 0.647. The Morgan fingerprint density at radius 3 is 2.76 bits per heavy atom. The average molecular weight is 311 g/mol. The molecule has 0 aliphatic heterocycles. The highest BCUT2D eigenvalue weighted by molar-refractivity contribution is 6.30. The Morgan fingerprint density at radius 1 is 1.48 bits per heavy atom. The minimum Gasteiger partial charge on any atom is -0.478 e. The van der Waals surface area contributed by atoms with Gasteiger partial charge in [-0.1, -0.05) is 11.6 Å². The number of hydrogen-bond acceptors (Lipinski definition) is 5. The van der Waals surface area contributed by atoms with Gasteiger partial charge in [-0.05, 0) is 25.1 Å². The first-order chi connectivity index (χ1) is 9.88. The van der Waals surface area contributed by atoms with Crippen LogP contribution in [0.3, 0.4) is 0 Å². The second kappa shape index (κ2) is 5.84. The van der Waals surface area contributed by atoms with Crippen molar-refractivity contribution < 1.29 is 19.2 Å². The standard InChI is InChI=1S/C13H11ClN2O5/c1-7-10(13(17)18)5-9(21-7)6-15-11-3-2-8(14)4-12(11)16(19)20/h2-5,15H,6H2,1H3,(H,17,18). The highest BCUT2D eigenvalue weighted by atomic mass is 35.5. The molecule has 0 radical (unpaired) electrons. The van der Waals surface area contributed by atoms with Crippen molar-refractivity contribution in [2.24, 2.45) is 0 Å². The zero-order chi connectivity index (χ0) is 15.6. The summed E-state index contributed by atoms with van der Waals surface area (Å²) in [7, 11) is 0. The summed E-state index contributed by atoms with van der Waals surface area (Å²) in [6.45, 7) is 1.66. The summed E-state index contributed by atoms with van der Waals surface area (Å²) in [5.74, 6) is -0.431. The SMILES string of the molecule is Cc1oc(CNc2ccc(Cl)cc2[N+](=O)[O-])cc1C(=O)O. The van der Waals surface area contributed by atoms with Crippen molar-refractivity contribution >= 4 is 28.9 Å². The van der Waals surface area contributed by atoms with E-state index in [0.29, 0.717) is 5.76 Å². The summed E-state index contributed by atoms with van der Waals surface area (Å²) >= 11 is 5.72. The number of halogens is 1. The van der Waals surface area contributed by atoms with Crippen LogP contribution in [0.4, 0.5) is 11.4 Å². The molecule has 1 aromatic carbocycles. The molecule has 1 heterocycles. The Balaban J connectivity index is 2.19. The number of carboxylic acids is 1. The number of hydrogen-bond donors (Lipinski definition) is 2. The molecule has 0 fully saturated rings. The molecule has 2 rings (SSSR count). The highest BCUT2D eigenvalue weighted by Crippen LogP contribution is 2.28.